The predicted molar refractivity (Wildman–Crippen MR) is 87.7 cm³/mol. The van der Waals surface area contributed by atoms with Gasteiger partial charge in [-0.25, -0.2) is 9.97 Å². The number of aryl methyl sites for hydroxylation is 1. The number of oxazole rings is 1. The first-order valence-electron chi connectivity index (χ1n) is 6.88. The average Bonchev–Trinajstić information content (AvgIpc) is 3.17. The summed E-state index contributed by atoms with van der Waals surface area (Å²) < 4.78 is 6.89. The number of rotatable bonds is 5. The van der Waals surface area contributed by atoms with Gasteiger partial charge in [0.2, 0.25) is 5.89 Å². The van der Waals surface area contributed by atoms with E-state index < -0.39 is 0 Å². The van der Waals surface area contributed by atoms with E-state index in [9.17, 15) is 0 Å². The van der Waals surface area contributed by atoms with Gasteiger partial charge in [-0.15, -0.1) is 23.1 Å². The lowest BCUT2D eigenvalue weighted by Crippen LogP contribution is -1.86. The van der Waals surface area contributed by atoms with Crippen LogP contribution < -0.4 is 0 Å². The zero-order valence-corrected chi connectivity index (χ0v) is 13.6. The van der Waals surface area contributed by atoms with E-state index in [0.717, 1.165) is 28.6 Å². The Balaban J connectivity index is 1.72. The minimum absolute atomic E-state index is 0.189. The molecule has 1 aromatic carbocycles. The molecular formula is C16H16N2OS2. The lowest BCUT2D eigenvalue weighted by atomic mass is 10.2. The molecule has 2 heterocycles. The highest BCUT2D eigenvalue weighted by molar-refractivity contribution is 8.01. The molecule has 0 bridgehead atoms. The highest BCUT2D eigenvalue weighted by atomic mass is 32.2. The molecule has 1 atom stereocenters. The Morgan fingerprint density at radius 1 is 1.19 bits per heavy atom. The first-order valence-corrected chi connectivity index (χ1v) is 8.58. The third-order valence-electron chi connectivity index (χ3n) is 3.07. The van der Waals surface area contributed by atoms with E-state index in [1.165, 1.54) is 4.21 Å². The normalized spacial score (nSPS) is 12.5. The number of aromatic nitrogens is 2. The Morgan fingerprint density at radius 2 is 2.00 bits per heavy atom. The Kier molecular flexibility index (Phi) is 4.41. The van der Waals surface area contributed by atoms with Crippen molar-refractivity contribution >= 4 is 23.1 Å². The van der Waals surface area contributed by atoms with Crippen molar-refractivity contribution in [2.75, 3.05) is 0 Å². The van der Waals surface area contributed by atoms with Crippen molar-refractivity contribution < 1.29 is 4.42 Å². The van der Waals surface area contributed by atoms with Crippen LogP contribution in [0, 0.1) is 0 Å². The zero-order valence-electron chi connectivity index (χ0n) is 11.9. The van der Waals surface area contributed by atoms with Crippen LogP contribution in [0.15, 0.2) is 51.4 Å². The van der Waals surface area contributed by atoms with Crippen molar-refractivity contribution in [1.29, 1.82) is 0 Å². The second kappa shape index (κ2) is 6.45. The molecule has 1 unspecified atom stereocenters. The molecule has 0 fully saturated rings. The monoisotopic (exact) mass is 316 g/mol. The minimum atomic E-state index is 0.189. The van der Waals surface area contributed by atoms with Crippen LogP contribution in [0.25, 0.3) is 10.6 Å². The SMILES string of the molecule is CCc1cnc(C(C)Sc2cnc(-c3ccccc3)s2)o1. The fourth-order valence-electron chi connectivity index (χ4n) is 1.93. The van der Waals surface area contributed by atoms with Crippen LogP contribution >= 0.6 is 23.1 Å². The largest absolute Gasteiger partial charge is 0.445 e. The van der Waals surface area contributed by atoms with E-state index in [2.05, 4.69) is 35.9 Å². The van der Waals surface area contributed by atoms with Crippen molar-refractivity contribution in [2.24, 2.45) is 0 Å². The van der Waals surface area contributed by atoms with Gasteiger partial charge in [0.25, 0.3) is 0 Å². The molecule has 3 nitrogen and oxygen atoms in total. The second-order valence-electron chi connectivity index (χ2n) is 4.63. The van der Waals surface area contributed by atoms with Gasteiger partial charge < -0.3 is 4.42 Å². The van der Waals surface area contributed by atoms with Crippen LogP contribution in [-0.4, -0.2) is 9.97 Å². The quantitative estimate of drug-likeness (QED) is 0.605. The molecular weight excluding hydrogens is 300 g/mol. The molecule has 0 N–H and O–H groups in total. The van der Waals surface area contributed by atoms with Gasteiger partial charge in [-0.1, -0.05) is 37.3 Å². The third-order valence-corrected chi connectivity index (χ3v) is 5.34. The second-order valence-corrected chi connectivity index (χ2v) is 7.30. The number of hydrogen-bond acceptors (Lipinski definition) is 5. The maximum atomic E-state index is 5.71. The maximum Gasteiger partial charge on any atom is 0.207 e. The maximum absolute atomic E-state index is 5.71. The van der Waals surface area contributed by atoms with Crippen LogP contribution in [0.1, 0.15) is 30.7 Å². The summed E-state index contributed by atoms with van der Waals surface area (Å²) in [7, 11) is 0. The van der Waals surface area contributed by atoms with Gasteiger partial charge in [-0.2, -0.15) is 0 Å². The van der Waals surface area contributed by atoms with Crippen LogP contribution in [0.5, 0.6) is 0 Å². The lowest BCUT2D eigenvalue weighted by molar-refractivity contribution is 0.461. The van der Waals surface area contributed by atoms with Crippen LogP contribution in [0.4, 0.5) is 0 Å². The van der Waals surface area contributed by atoms with Crippen LogP contribution in [0.3, 0.4) is 0 Å². The van der Waals surface area contributed by atoms with Crippen molar-refractivity contribution in [1.82, 2.24) is 9.97 Å². The minimum Gasteiger partial charge on any atom is -0.445 e. The van der Waals surface area contributed by atoms with Gasteiger partial charge in [-0.3, -0.25) is 0 Å². The summed E-state index contributed by atoms with van der Waals surface area (Å²) in [5.74, 6) is 1.72. The highest BCUT2D eigenvalue weighted by Crippen LogP contribution is 2.39. The van der Waals surface area contributed by atoms with E-state index in [1.54, 1.807) is 23.1 Å². The number of hydrogen-bond donors (Lipinski definition) is 0. The smallest absolute Gasteiger partial charge is 0.207 e. The van der Waals surface area contributed by atoms with Gasteiger partial charge in [0.15, 0.2) is 0 Å². The molecule has 21 heavy (non-hydrogen) atoms. The summed E-state index contributed by atoms with van der Waals surface area (Å²) in [6.07, 6.45) is 4.62. The molecule has 2 aromatic heterocycles. The van der Waals surface area contributed by atoms with Gasteiger partial charge in [0.1, 0.15) is 10.8 Å². The molecule has 0 saturated heterocycles. The molecule has 0 saturated carbocycles. The van der Waals surface area contributed by atoms with Crippen LogP contribution in [-0.2, 0) is 6.42 Å². The molecule has 3 aromatic rings. The van der Waals surface area contributed by atoms with Crippen molar-refractivity contribution in [2.45, 2.75) is 29.7 Å². The summed E-state index contributed by atoms with van der Waals surface area (Å²) in [6, 6.07) is 10.2. The van der Waals surface area contributed by atoms with Crippen LogP contribution in [0.2, 0.25) is 0 Å². The van der Waals surface area contributed by atoms with Crippen molar-refractivity contribution in [3.8, 4) is 10.6 Å². The van der Waals surface area contributed by atoms with E-state index in [0.29, 0.717) is 0 Å². The summed E-state index contributed by atoms with van der Waals surface area (Å²) >= 11 is 3.44. The molecule has 108 valence electrons. The van der Waals surface area contributed by atoms with Crippen molar-refractivity contribution in [3.05, 3.63) is 54.4 Å². The lowest BCUT2D eigenvalue weighted by Gasteiger charge is -2.04. The predicted octanol–water partition coefficient (Wildman–Crippen LogP) is 5.21. The molecule has 0 aliphatic rings. The van der Waals surface area contributed by atoms with Crippen molar-refractivity contribution in [3.63, 3.8) is 0 Å². The fourth-order valence-corrected chi connectivity index (χ4v) is 4.12. The molecule has 0 aliphatic carbocycles. The number of benzene rings is 1. The van der Waals surface area contributed by atoms with Gasteiger partial charge in [-0.05, 0) is 6.92 Å². The van der Waals surface area contributed by atoms with E-state index in [4.69, 9.17) is 4.42 Å². The topological polar surface area (TPSA) is 38.9 Å². The Bertz CT molecular complexity index is 706. The Morgan fingerprint density at radius 3 is 2.71 bits per heavy atom. The Labute approximate surface area is 132 Å². The summed E-state index contributed by atoms with van der Waals surface area (Å²) in [6.45, 7) is 4.18. The van der Waals surface area contributed by atoms with Gasteiger partial charge in [0, 0.05) is 12.0 Å². The van der Waals surface area contributed by atoms with Gasteiger partial charge >= 0.3 is 0 Å². The van der Waals surface area contributed by atoms with E-state index in [-0.39, 0.29) is 5.25 Å². The average molecular weight is 316 g/mol. The molecule has 0 aliphatic heterocycles. The molecule has 5 heteroatoms. The number of thiazole rings is 1. The summed E-state index contributed by atoms with van der Waals surface area (Å²) in [5.41, 5.74) is 1.16. The van der Waals surface area contributed by atoms with Gasteiger partial charge in [0.05, 0.1) is 21.9 Å². The molecule has 3 rings (SSSR count). The third kappa shape index (κ3) is 3.36. The standard InChI is InChI=1S/C16H16N2OS2/c1-3-13-9-17-15(19-13)11(2)20-14-10-18-16(21-14)12-7-5-4-6-8-12/h4-11H,3H2,1-2H3. The first-order chi connectivity index (χ1) is 10.3. The number of nitrogens with zero attached hydrogens (tertiary/aromatic N) is 2. The fraction of sp³-hybridized carbons (Fsp3) is 0.250. The zero-order chi connectivity index (χ0) is 14.7. The van der Waals surface area contributed by atoms with E-state index in [1.807, 2.05) is 30.6 Å². The molecule has 0 radical (unpaired) electrons. The summed E-state index contributed by atoms with van der Waals surface area (Å²) in [4.78, 5) is 8.85. The highest BCUT2D eigenvalue weighted by Gasteiger charge is 2.15. The molecule has 0 spiro atoms. The molecule has 0 amide bonds. The Hall–Kier alpha value is -1.59. The number of thioether (sulfide) groups is 1. The van der Waals surface area contributed by atoms with E-state index >= 15 is 0 Å². The summed E-state index contributed by atoms with van der Waals surface area (Å²) in [5, 5.41) is 1.24. The first kappa shape index (κ1) is 14.4.